The van der Waals surface area contributed by atoms with Crippen LogP contribution in [0, 0.1) is 0 Å². The molecule has 1 N–H and O–H groups in total. The second kappa shape index (κ2) is 7.17. The highest BCUT2D eigenvalue weighted by molar-refractivity contribution is 7.07. The third-order valence-electron chi connectivity index (χ3n) is 3.21. The molecule has 2 rings (SSSR count). The minimum atomic E-state index is -0.105. The number of carbonyl (C=O) groups excluding carboxylic acids is 1. The molecule has 1 atom stereocenters. The second-order valence-corrected chi connectivity index (χ2v) is 5.61. The zero-order valence-corrected chi connectivity index (χ0v) is 12.6. The van der Waals surface area contributed by atoms with Gasteiger partial charge in [0.25, 0.3) is 5.91 Å². The van der Waals surface area contributed by atoms with Gasteiger partial charge < -0.3 is 10.2 Å². The first-order chi connectivity index (χ1) is 9.66. The van der Waals surface area contributed by atoms with Gasteiger partial charge >= 0.3 is 0 Å². The lowest BCUT2D eigenvalue weighted by atomic mass is 10.1. The topological polar surface area (TPSA) is 45.2 Å². The van der Waals surface area contributed by atoms with Crippen molar-refractivity contribution in [2.24, 2.45) is 0 Å². The zero-order chi connectivity index (χ0) is 14.4. The number of carbonyl (C=O) groups is 1. The summed E-state index contributed by atoms with van der Waals surface area (Å²) in [6.45, 7) is 0.609. The van der Waals surface area contributed by atoms with Crippen LogP contribution in [0.1, 0.15) is 16.1 Å². The van der Waals surface area contributed by atoms with E-state index in [1.165, 1.54) is 16.9 Å². The van der Waals surface area contributed by atoms with E-state index >= 15 is 0 Å². The molecule has 2 aromatic rings. The summed E-state index contributed by atoms with van der Waals surface area (Å²) < 4.78 is 0. The Labute approximate surface area is 123 Å². The van der Waals surface area contributed by atoms with Gasteiger partial charge in [0.05, 0.1) is 5.51 Å². The predicted molar refractivity (Wildman–Crippen MR) is 82.1 cm³/mol. The molecule has 20 heavy (non-hydrogen) atoms. The molecule has 0 saturated carbocycles. The third kappa shape index (κ3) is 4.15. The van der Waals surface area contributed by atoms with Crippen LogP contribution in [0.4, 0.5) is 0 Å². The van der Waals surface area contributed by atoms with Crippen LogP contribution in [0.15, 0.2) is 41.2 Å². The first kappa shape index (κ1) is 14.7. The van der Waals surface area contributed by atoms with Gasteiger partial charge in [-0.2, -0.15) is 0 Å². The van der Waals surface area contributed by atoms with E-state index in [0.717, 1.165) is 6.42 Å². The fourth-order valence-electron chi connectivity index (χ4n) is 1.95. The van der Waals surface area contributed by atoms with Crippen LogP contribution in [-0.2, 0) is 6.42 Å². The van der Waals surface area contributed by atoms with Gasteiger partial charge in [0.1, 0.15) is 5.69 Å². The van der Waals surface area contributed by atoms with Crippen molar-refractivity contribution in [1.29, 1.82) is 0 Å². The van der Waals surface area contributed by atoms with E-state index in [-0.39, 0.29) is 11.9 Å². The largest absolute Gasteiger partial charge is 0.349 e. The van der Waals surface area contributed by atoms with Crippen LogP contribution in [0.25, 0.3) is 0 Å². The van der Waals surface area contributed by atoms with Gasteiger partial charge in [-0.3, -0.25) is 4.79 Å². The lowest BCUT2D eigenvalue weighted by Gasteiger charge is -2.24. The molecule has 0 spiro atoms. The van der Waals surface area contributed by atoms with Crippen molar-refractivity contribution in [2.45, 2.75) is 12.5 Å². The first-order valence-electron chi connectivity index (χ1n) is 6.53. The van der Waals surface area contributed by atoms with Crippen LogP contribution in [-0.4, -0.2) is 42.5 Å². The monoisotopic (exact) mass is 289 g/mol. The van der Waals surface area contributed by atoms with E-state index in [1.807, 2.05) is 32.3 Å². The van der Waals surface area contributed by atoms with Crippen LogP contribution in [0.3, 0.4) is 0 Å². The van der Waals surface area contributed by atoms with E-state index in [9.17, 15) is 4.79 Å². The van der Waals surface area contributed by atoms with Crippen LogP contribution >= 0.6 is 11.3 Å². The minimum absolute atomic E-state index is 0.105. The lowest BCUT2D eigenvalue weighted by Crippen LogP contribution is -2.41. The highest BCUT2D eigenvalue weighted by Gasteiger charge is 2.15. The van der Waals surface area contributed by atoms with E-state index in [0.29, 0.717) is 12.2 Å². The Balaban J connectivity index is 1.91. The number of benzene rings is 1. The Hall–Kier alpha value is -1.72. The fraction of sp³-hybridized carbons (Fsp3) is 0.333. The third-order valence-corrected chi connectivity index (χ3v) is 3.79. The number of nitrogens with zero attached hydrogens (tertiary/aromatic N) is 2. The molecule has 0 fully saturated rings. The summed E-state index contributed by atoms with van der Waals surface area (Å²) in [5, 5.41) is 4.71. The molecular weight excluding hydrogens is 270 g/mol. The van der Waals surface area contributed by atoms with E-state index in [1.54, 1.807) is 10.9 Å². The molecule has 1 aromatic carbocycles. The molecule has 5 heteroatoms. The van der Waals surface area contributed by atoms with Gasteiger partial charge in [-0.25, -0.2) is 4.98 Å². The molecule has 0 radical (unpaired) electrons. The molecule has 0 bridgehead atoms. The molecular formula is C15H19N3OS. The molecule has 0 unspecified atom stereocenters. The maximum atomic E-state index is 11.9. The normalized spacial score (nSPS) is 12.3. The highest BCUT2D eigenvalue weighted by Crippen LogP contribution is 2.07. The predicted octanol–water partition coefficient (Wildman–Crippen LogP) is 2.05. The van der Waals surface area contributed by atoms with Gasteiger partial charge in [-0.05, 0) is 26.1 Å². The van der Waals surface area contributed by atoms with E-state index in [4.69, 9.17) is 0 Å². The van der Waals surface area contributed by atoms with Gasteiger partial charge in [0.15, 0.2) is 0 Å². The molecule has 0 saturated heterocycles. The summed E-state index contributed by atoms with van der Waals surface area (Å²) >= 11 is 1.43. The number of nitrogens with one attached hydrogen (secondary N) is 1. The van der Waals surface area contributed by atoms with Crippen LogP contribution in [0.2, 0.25) is 0 Å². The smallest absolute Gasteiger partial charge is 0.270 e. The average molecular weight is 289 g/mol. The summed E-state index contributed by atoms with van der Waals surface area (Å²) in [6, 6.07) is 10.6. The summed E-state index contributed by atoms with van der Waals surface area (Å²) in [5.74, 6) is -0.105. The van der Waals surface area contributed by atoms with E-state index < -0.39 is 0 Å². The molecule has 0 aliphatic rings. The Morgan fingerprint density at radius 2 is 2.10 bits per heavy atom. The number of thiazole rings is 1. The van der Waals surface area contributed by atoms with Crippen molar-refractivity contribution in [3.63, 3.8) is 0 Å². The summed E-state index contributed by atoms with van der Waals surface area (Å²) in [6.07, 6.45) is 0.908. The van der Waals surface area contributed by atoms with Gasteiger partial charge in [-0.1, -0.05) is 30.3 Å². The average Bonchev–Trinajstić information content (AvgIpc) is 2.98. The molecule has 1 amide bonds. The molecule has 1 heterocycles. The zero-order valence-electron chi connectivity index (χ0n) is 11.7. The van der Waals surface area contributed by atoms with Crippen LogP contribution < -0.4 is 5.32 Å². The summed E-state index contributed by atoms with van der Waals surface area (Å²) in [7, 11) is 4.06. The fourth-order valence-corrected chi connectivity index (χ4v) is 2.48. The van der Waals surface area contributed by atoms with Gasteiger partial charge in [-0.15, -0.1) is 11.3 Å². The van der Waals surface area contributed by atoms with Gasteiger partial charge in [0.2, 0.25) is 0 Å². The molecule has 0 aliphatic carbocycles. The quantitative estimate of drug-likeness (QED) is 0.885. The number of likely N-dealkylation sites (N-methyl/N-ethyl adjacent to an activating group) is 1. The lowest BCUT2D eigenvalue weighted by molar-refractivity contribution is 0.0937. The maximum absolute atomic E-state index is 11.9. The summed E-state index contributed by atoms with van der Waals surface area (Å²) in [4.78, 5) is 18.0. The van der Waals surface area contributed by atoms with Gasteiger partial charge in [0, 0.05) is 18.0 Å². The number of hydrogen-bond acceptors (Lipinski definition) is 4. The molecule has 0 aliphatic heterocycles. The number of amides is 1. The Bertz CT molecular complexity index is 525. The number of rotatable bonds is 6. The number of hydrogen-bond donors (Lipinski definition) is 1. The second-order valence-electron chi connectivity index (χ2n) is 4.89. The van der Waals surface area contributed by atoms with Crippen molar-refractivity contribution < 1.29 is 4.79 Å². The Morgan fingerprint density at radius 1 is 1.35 bits per heavy atom. The number of aromatic nitrogens is 1. The molecule has 106 valence electrons. The van der Waals surface area contributed by atoms with Crippen molar-refractivity contribution in [3.8, 4) is 0 Å². The Kier molecular flexibility index (Phi) is 5.26. The first-order valence-corrected chi connectivity index (χ1v) is 7.48. The SMILES string of the molecule is CN(C)[C@@H](CNC(=O)c1cscn1)Cc1ccccc1. The standard InChI is InChI=1S/C15H19N3OS/c1-18(2)13(8-12-6-4-3-5-7-12)9-16-15(19)14-10-20-11-17-14/h3-7,10-11,13H,8-9H2,1-2H3,(H,16,19)/t13-/m1/s1. The highest BCUT2D eigenvalue weighted by atomic mass is 32.1. The Morgan fingerprint density at radius 3 is 2.70 bits per heavy atom. The molecule has 4 nitrogen and oxygen atoms in total. The van der Waals surface area contributed by atoms with Crippen molar-refractivity contribution in [2.75, 3.05) is 20.6 Å². The minimum Gasteiger partial charge on any atom is -0.349 e. The van der Waals surface area contributed by atoms with Crippen molar-refractivity contribution in [3.05, 3.63) is 52.5 Å². The van der Waals surface area contributed by atoms with E-state index in [2.05, 4.69) is 27.3 Å². The van der Waals surface area contributed by atoms with Crippen molar-refractivity contribution >= 4 is 17.2 Å². The van der Waals surface area contributed by atoms with Crippen LogP contribution in [0.5, 0.6) is 0 Å². The maximum Gasteiger partial charge on any atom is 0.270 e. The molecule has 1 aromatic heterocycles. The van der Waals surface area contributed by atoms with Crippen molar-refractivity contribution in [1.82, 2.24) is 15.2 Å². The summed E-state index contributed by atoms with van der Waals surface area (Å²) in [5.41, 5.74) is 3.43.